The van der Waals surface area contributed by atoms with Gasteiger partial charge in [0.25, 0.3) is 0 Å². The highest BCUT2D eigenvalue weighted by Crippen LogP contribution is 2.18. The fourth-order valence-electron chi connectivity index (χ4n) is 4.33. The summed E-state index contributed by atoms with van der Waals surface area (Å²) in [6.45, 7) is 12.8. The molecule has 0 saturated carbocycles. The van der Waals surface area contributed by atoms with Crippen LogP contribution in [0.5, 0.6) is 0 Å². The van der Waals surface area contributed by atoms with E-state index in [2.05, 4.69) is 39.3 Å². The van der Waals surface area contributed by atoms with Gasteiger partial charge in [-0.1, -0.05) is 20.3 Å². The lowest BCUT2D eigenvalue weighted by Gasteiger charge is -2.35. The number of piperidine rings is 2. The minimum atomic E-state index is 0.790. The lowest BCUT2D eigenvalue weighted by Crippen LogP contribution is -2.47. The van der Waals surface area contributed by atoms with Crippen molar-refractivity contribution < 1.29 is 0 Å². The first-order valence-electron chi connectivity index (χ1n) is 10.7. The molecular formula is C20H41N5. The van der Waals surface area contributed by atoms with E-state index in [0.717, 1.165) is 37.6 Å². The Balaban J connectivity index is 1.61. The van der Waals surface area contributed by atoms with E-state index >= 15 is 0 Å². The number of rotatable bonds is 8. The van der Waals surface area contributed by atoms with Crippen LogP contribution in [0.1, 0.15) is 58.8 Å². The summed E-state index contributed by atoms with van der Waals surface area (Å²) in [5.41, 5.74) is 0. The molecule has 2 saturated heterocycles. The number of nitrogens with zero attached hydrogens (tertiary/aromatic N) is 3. The maximum absolute atomic E-state index is 4.40. The summed E-state index contributed by atoms with van der Waals surface area (Å²) >= 11 is 0. The molecule has 0 spiro atoms. The van der Waals surface area contributed by atoms with Crippen LogP contribution in [0.25, 0.3) is 0 Å². The number of likely N-dealkylation sites (tertiary alicyclic amines) is 2. The second kappa shape index (κ2) is 11.7. The van der Waals surface area contributed by atoms with Gasteiger partial charge in [0.1, 0.15) is 0 Å². The van der Waals surface area contributed by atoms with Gasteiger partial charge in [-0.2, -0.15) is 0 Å². The van der Waals surface area contributed by atoms with Gasteiger partial charge in [0.05, 0.1) is 0 Å². The average Bonchev–Trinajstić information content (AvgIpc) is 2.66. The lowest BCUT2D eigenvalue weighted by atomic mass is 9.97. The Morgan fingerprint density at radius 1 is 1.00 bits per heavy atom. The summed E-state index contributed by atoms with van der Waals surface area (Å²) in [6.07, 6.45) is 9.33. The van der Waals surface area contributed by atoms with E-state index in [0.29, 0.717) is 0 Å². The quantitative estimate of drug-likeness (QED) is 0.521. The highest BCUT2D eigenvalue weighted by molar-refractivity contribution is 5.79. The molecule has 0 radical (unpaired) electrons. The summed E-state index contributed by atoms with van der Waals surface area (Å²) in [6, 6.07) is 0.791. The van der Waals surface area contributed by atoms with Gasteiger partial charge in [-0.15, -0.1) is 0 Å². The molecule has 0 aromatic carbocycles. The number of nitrogens with one attached hydrogen (secondary N) is 2. The maximum atomic E-state index is 4.40. The minimum Gasteiger partial charge on any atom is -0.356 e. The van der Waals surface area contributed by atoms with E-state index in [1.54, 1.807) is 0 Å². The normalized spacial score (nSPS) is 24.4. The summed E-state index contributed by atoms with van der Waals surface area (Å²) < 4.78 is 0. The Morgan fingerprint density at radius 2 is 1.80 bits per heavy atom. The van der Waals surface area contributed by atoms with E-state index in [4.69, 9.17) is 0 Å². The van der Waals surface area contributed by atoms with E-state index < -0.39 is 0 Å². The van der Waals surface area contributed by atoms with Crippen LogP contribution in [0.15, 0.2) is 4.99 Å². The number of aliphatic imine (C=N–C) groups is 1. The molecule has 0 bridgehead atoms. The van der Waals surface area contributed by atoms with Crippen molar-refractivity contribution in [2.75, 3.05) is 52.9 Å². The first-order chi connectivity index (χ1) is 12.3. The van der Waals surface area contributed by atoms with Gasteiger partial charge in [0.15, 0.2) is 5.96 Å². The third-order valence-corrected chi connectivity index (χ3v) is 5.94. The molecule has 0 aliphatic carbocycles. The molecule has 25 heavy (non-hydrogen) atoms. The SMILES string of the molecule is CCCN1CCC(CNC(=NC)NCCN2CCCCC2CC)CC1. The van der Waals surface area contributed by atoms with Gasteiger partial charge < -0.3 is 15.5 Å². The van der Waals surface area contributed by atoms with Crippen molar-refractivity contribution in [3.05, 3.63) is 0 Å². The third kappa shape index (κ3) is 7.14. The molecule has 2 aliphatic heterocycles. The van der Waals surface area contributed by atoms with Crippen molar-refractivity contribution in [2.45, 2.75) is 64.8 Å². The van der Waals surface area contributed by atoms with Crippen molar-refractivity contribution in [3.8, 4) is 0 Å². The Bertz CT molecular complexity index is 376. The second-order valence-electron chi connectivity index (χ2n) is 7.76. The molecule has 5 nitrogen and oxygen atoms in total. The summed E-state index contributed by atoms with van der Waals surface area (Å²) in [5, 5.41) is 7.07. The predicted octanol–water partition coefficient (Wildman–Crippen LogP) is 2.54. The van der Waals surface area contributed by atoms with Crippen LogP contribution in [0.3, 0.4) is 0 Å². The van der Waals surface area contributed by atoms with Gasteiger partial charge in [-0.25, -0.2) is 0 Å². The Morgan fingerprint density at radius 3 is 2.48 bits per heavy atom. The van der Waals surface area contributed by atoms with Gasteiger partial charge >= 0.3 is 0 Å². The van der Waals surface area contributed by atoms with Gasteiger partial charge in [0.2, 0.25) is 0 Å². The summed E-state index contributed by atoms with van der Waals surface area (Å²) in [7, 11) is 1.88. The van der Waals surface area contributed by atoms with Crippen LogP contribution >= 0.6 is 0 Å². The van der Waals surface area contributed by atoms with E-state index in [-0.39, 0.29) is 0 Å². The van der Waals surface area contributed by atoms with E-state index in [9.17, 15) is 0 Å². The minimum absolute atomic E-state index is 0.790. The Hall–Kier alpha value is -0.810. The van der Waals surface area contributed by atoms with Crippen molar-refractivity contribution in [1.82, 2.24) is 20.4 Å². The average molecular weight is 352 g/mol. The van der Waals surface area contributed by atoms with E-state index in [1.165, 1.54) is 71.1 Å². The van der Waals surface area contributed by atoms with Crippen LogP contribution in [0.2, 0.25) is 0 Å². The molecule has 2 aliphatic rings. The number of hydrogen-bond donors (Lipinski definition) is 2. The fourth-order valence-corrected chi connectivity index (χ4v) is 4.33. The Labute approximate surface area is 155 Å². The van der Waals surface area contributed by atoms with Crippen molar-refractivity contribution in [3.63, 3.8) is 0 Å². The first-order valence-corrected chi connectivity index (χ1v) is 10.7. The Kier molecular flexibility index (Phi) is 9.63. The fraction of sp³-hybridized carbons (Fsp3) is 0.950. The standard InChI is InChI=1S/C20H41N5/c1-4-12-24-14-9-18(10-15-24)17-23-20(21-3)22-11-16-25-13-7-6-8-19(25)5-2/h18-19H,4-17H2,1-3H3,(H2,21,22,23). The molecule has 146 valence electrons. The zero-order valence-corrected chi connectivity index (χ0v) is 16.9. The van der Waals surface area contributed by atoms with Crippen LogP contribution < -0.4 is 10.6 Å². The van der Waals surface area contributed by atoms with Crippen LogP contribution in [-0.4, -0.2) is 74.7 Å². The van der Waals surface area contributed by atoms with Gasteiger partial charge in [-0.05, 0) is 70.6 Å². The molecule has 1 atom stereocenters. The maximum Gasteiger partial charge on any atom is 0.191 e. The molecule has 2 rings (SSSR count). The number of guanidine groups is 1. The highest BCUT2D eigenvalue weighted by Gasteiger charge is 2.20. The molecular weight excluding hydrogens is 310 g/mol. The first kappa shape index (κ1) is 20.5. The van der Waals surface area contributed by atoms with Crippen molar-refractivity contribution >= 4 is 5.96 Å². The predicted molar refractivity (Wildman–Crippen MR) is 108 cm³/mol. The van der Waals surface area contributed by atoms with Crippen molar-refractivity contribution in [2.24, 2.45) is 10.9 Å². The van der Waals surface area contributed by atoms with E-state index in [1.807, 2.05) is 7.05 Å². The molecule has 5 heteroatoms. The molecule has 2 N–H and O–H groups in total. The zero-order valence-electron chi connectivity index (χ0n) is 16.9. The number of hydrogen-bond acceptors (Lipinski definition) is 3. The van der Waals surface area contributed by atoms with Crippen LogP contribution in [0, 0.1) is 5.92 Å². The highest BCUT2D eigenvalue weighted by atomic mass is 15.2. The van der Waals surface area contributed by atoms with Crippen LogP contribution in [-0.2, 0) is 0 Å². The third-order valence-electron chi connectivity index (χ3n) is 5.94. The summed E-state index contributed by atoms with van der Waals surface area (Å²) in [5.74, 6) is 1.76. The van der Waals surface area contributed by atoms with Gasteiger partial charge in [-0.3, -0.25) is 9.89 Å². The topological polar surface area (TPSA) is 42.9 Å². The largest absolute Gasteiger partial charge is 0.356 e. The molecule has 2 heterocycles. The molecule has 0 aromatic rings. The lowest BCUT2D eigenvalue weighted by molar-refractivity contribution is 0.147. The molecule has 0 amide bonds. The second-order valence-corrected chi connectivity index (χ2v) is 7.76. The van der Waals surface area contributed by atoms with Crippen LogP contribution in [0.4, 0.5) is 0 Å². The molecule has 0 aromatic heterocycles. The molecule has 1 unspecified atom stereocenters. The van der Waals surface area contributed by atoms with Crippen molar-refractivity contribution in [1.29, 1.82) is 0 Å². The summed E-state index contributed by atoms with van der Waals surface area (Å²) in [4.78, 5) is 9.67. The van der Waals surface area contributed by atoms with Gasteiger partial charge in [0, 0.05) is 32.7 Å². The zero-order chi connectivity index (χ0) is 17.9. The molecule has 2 fully saturated rings. The monoisotopic (exact) mass is 351 g/mol. The smallest absolute Gasteiger partial charge is 0.191 e.